The predicted octanol–water partition coefficient (Wildman–Crippen LogP) is 2.41. The lowest BCUT2D eigenvalue weighted by Crippen LogP contribution is -2.46. The number of rotatable bonds is 4. The summed E-state index contributed by atoms with van der Waals surface area (Å²) in [7, 11) is 0. The Morgan fingerprint density at radius 1 is 1.20 bits per heavy atom. The molecule has 110 valence electrons. The Hall–Kier alpha value is -1.69. The zero-order chi connectivity index (χ0) is 15.5. The Balaban J connectivity index is 2.65. The van der Waals surface area contributed by atoms with E-state index in [1.807, 2.05) is 20.8 Å². The van der Waals surface area contributed by atoms with Crippen LogP contribution in [0, 0.1) is 0 Å². The Labute approximate surface area is 122 Å². The molecule has 1 aromatic rings. The van der Waals surface area contributed by atoms with Gasteiger partial charge < -0.3 is 10.1 Å². The van der Waals surface area contributed by atoms with Crippen molar-refractivity contribution in [2.75, 3.05) is 0 Å². The molecule has 1 atom stereocenters. The van der Waals surface area contributed by atoms with Crippen molar-refractivity contribution in [1.29, 1.82) is 0 Å². The van der Waals surface area contributed by atoms with Gasteiger partial charge in [-0.1, -0.05) is 0 Å². The van der Waals surface area contributed by atoms with Gasteiger partial charge in [0.2, 0.25) is 0 Å². The quantitative estimate of drug-likeness (QED) is 0.684. The lowest BCUT2D eigenvalue weighted by molar-refractivity contribution is -0.130. The van der Waals surface area contributed by atoms with E-state index >= 15 is 0 Å². The average molecular weight is 297 g/mol. The van der Waals surface area contributed by atoms with Gasteiger partial charge in [-0.05, 0) is 46.8 Å². The summed E-state index contributed by atoms with van der Waals surface area (Å²) in [6.07, 6.45) is -0.885. The monoisotopic (exact) mass is 297 g/mol. The maximum Gasteiger partial charge on any atom is 0.349 e. The number of ether oxygens (including phenoxy) is 1. The molecule has 1 aromatic heterocycles. The second kappa shape index (κ2) is 6.17. The zero-order valence-corrected chi connectivity index (χ0v) is 13.1. The molecule has 0 aliphatic carbocycles. The molecule has 1 N–H and O–H groups in total. The van der Waals surface area contributed by atoms with Crippen molar-refractivity contribution in [3.63, 3.8) is 0 Å². The molecule has 1 rings (SSSR count). The lowest BCUT2D eigenvalue weighted by Gasteiger charge is -2.23. The fraction of sp³-hybridized carbons (Fsp3) is 0.500. The second-order valence-electron chi connectivity index (χ2n) is 5.51. The number of carbonyl (C=O) groups excluding carboxylic acids is 3. The summed E-state index contributed by atoms with van der Waals surface area (Å²) in [6, 6.07) is 3.10. The first-order chi connectivity index (χ1) is 9.10. The van der Waals surface area contributed by atoms with E-state index in [0.29, 0.717) is 9.75 Å². The fourth-order valence-electron chi connectivity index (χ4n) is 1.38. The predicted molar refractivity (Wildman–Crippen MR) is 77.1 cm³/mol. The van der Waals surface area contributed by atoms with Crippen LogP contribution in [0.2, 0.25) is 0 Å². The van der Waals surface area contributed by atoms with Crippen molar-refractivity contribution in [2.24, 2.45) is 0 Å². The summed E-state index contributed by atoms with van der Waals surface area (Å²) in [5.41, 5.74) is -0.386. The minimum atomic E-state index is -0.885. The summed E-state index contributed by atoms with van der Waals surface area (Å²) in [6.45, 7) is 8.48. The van der Waals surface area contributed by atoms with Crippen LogP contribution in [-0.2, 0) is 9.53 Å². The summed E-state index contributed by atoms with van der Waals surface area (Å²) < 4.78 is 5.09. The van der Waals surface area contributed by atoms with Crippen molar-refractivity contribution in [2.45, 2.75) is 46.3 Å². The topological polar surface area (TPSA) is 72.5 Å². The van der Waals surface area contributed by atoms with E-state index in [1.54, 1.807) is 6.07 Å². The summed E-state index contributed by atoms with van der Waals surface area (Å²) in [5.74, 6) is -1.05. The average Bonchev–Trinajstić information content (AvgIpc) is 2.75. The van der Waals surface area contributed by atoms with Crippen LogP contribution < -0.4 is 5.32 Å². The first-order valence-electron chi connectivity index (χ1n) is 6.24. The molecule has 0 bridgehead atoms. The molecule has 6 heteroatoms. The molecule has 0 fully saturated rings. The minimum absolute atomic E-state index is 0.104. The van der Waals surface area contributed by atoms with Gasteiger partial charge in [0.05, 0.1) is 4.88 Å². The highest BCUT2D eigenvalue weighted by Gasteiger charge is 2.23. The van der Waals surface area contributed by atoms with Gasteiger partial charge in [-0.15, -0.1) is 11.3 Å². The lowest BCUT2D eigenvalue weighted by atomic mass is 10.1. The molecule has 0 spiro atoms. The van der Waals surface area contributed by atoms with Gasteiger partial charge in [0.1, 0.15) is 4.88 Å². The fourth-order valence-corrected chi connectivity index (χ4v) is 2.16. The molecule has 5 nitrogen and oxygen atoms in total. The molecule has 20 heavy (non-hydrogen) atoms. The van der Waals surface area contributed by atoms with Crippen LogP contribution in [-0.4, -0.2) is 29.3 Å². The van der Waals surface area contributed by atoms with Crippen molar-refractivity contribution >= 4 is 29.0 Å². The molecule has 0 radical (unpaired) electrons. The number of amides is 1. The number of hydrogen-bond acceptors (Lipinski definition) is 5. The minimum Gasteiger partial charge on any atom is -0.448 e. The third-order valence-corrected chi connectivity index (χ3v) is 3.47. The summed E-state index contributed by atoms with van der Waals surface area (Å²) in [5, 5.41) is 2.73. The van der Waals surface area contributed by atoms with Gasteiger partial charge >= 0.3 is 5.97 Å². The molecule has 0 aromatic carbocycles. The van der Waals surface area contributed by atoms with Crippen LogP contribution >= 0.6 is 11.3 Å². The van der Waals surface area contributed by atoms with Gasteiger partial charge in [0, 0.05) is 5.54 Å². The van der Waals surface area contributed by atoms with Crippen LogP contribution in [0.15, 0.2) is 12.1 Å². The van der Waals surface area contributed by atoms with Gasteiger partial charge in [0.25, 0.3) is 5.91 Å². The highest BCUT2D eigenvalue weighted by molar-refractivity contribution is 7.15. The van der Waals surface area contributed by atoms with Crippen molar-refractivity contribution in [3.8, 4) is 0 Å². The molecule has 1 heterocycles. The number of thiophene rings is 1. The van der Waals surface area contributed by atoms with Crippen molar-refractivity contribution in [3.05, 3.63) is 21.9 Å². The maximum absolute atomic E-state index is 11.9. The Bertz CT molecular complexity index is 528. The van der Waals surface area contributed by atoms with Gasteiger partial charge in [-0.2, -0.15) is 0 Å². The number of hydrogen-bond donors (Lipinski definition) is 1. The number of nitrogens with one attached hydrogen (secondary N) is 1. The van der Waals surface area contributed by atoms with Crippen molar-refractivity contribution in [1.82, 2.24) is 5.32 Å². The van der Waals surface area contributed by atoms with Crippen LogP contribution in [0.5, 0.6) is 0 Å². The van der Waals surface area contributed by atoms with Crippen LogP contribution in [0.3, 0.4) is 0 Å². The Kier molecular flexibility index (Phi) is 5.05. The highest BCUT2D eigenvalue weighted by Crippen LogP contribution is 2.18. The SMILES string of the molecule is CC(=O)c1ccc(C(=O)O[C@@H](C)C(=O)NC(C)(C)C)s1. The smallest absolute Gasteiger partial charge is 0.349 e. The van der Waals surface area contributed by atoms with E-state index in [4.69, 9.17) is 4.74 Å². The number of Topliss-reactive ketones (excluding diaryl/α,β-unsaturated/α-hetero) is 1. The summed E-state index contributed by atoms with van der Waals surface area (Å²) in [4.78, 5) is 35.6. The number of esters is 1. The molecular weight excluding hydrogens is 278 g/mol. The van der Waals surface area contributed by atoms with Gasteiger partial charge in [-0.25, -0.2) is 4.79 Å². The van der Waals surface area contributed by atoms with Crippen LogP contribution in [0.25, 0.3) is 0 Å². The molecular formula is C14H19NO4S. The maximum atomic E-state index is 11.9. The van der Waals surface area contributed by atoms with Crippen LogP contribution in [0.4, 0.5) is 0 Å². The standard InChI is InChI=1S/C14H19NO4S/c1-8(16)10-6-7-11(20-10)13(18)19-9(2)12(17)15-14(3,4)5/h6-7,9H,1-5H3,(H,15,17)/t9-/m0/s1. The molecule has 0 aliphatic heterocycles. The van der Waals surface area contributed by atoms with E-state index in [2.05, 4.69) is 5.32 Å². The first-order valence-corrected chi connectivity index (χ1v) is 7.05. The highest BCUT2D eigenvalue weighted by atomic mass is 32.1. The van der Waals surface area contributed by atoms with E-state index < -0.39 is 12.1 Å². The van der Waals surface area contributed by atoms with E-state index in [1.165, 1.54) is 19.9 Å². The Morgan fingerprint density at radius 3 is 2.20 bits per heavy atom. The molecule has 0 unspecified atom stereocenters. The largest absolute Gasteiger partial charge is 0.448 e. The van der Waals surface area contributed by atoms with E-state index in [0.717, 1.165) is 11.3 Å². The van der Waals surface area contributed by atoms with Gasteiger partial charge in [-0.3, -0.25) is 9.59 Å². The molecule has 0 aliphatic rings. The number of carbonyl (C=O) groups is 3. The van der Waals surface area contributed by atoms with Gasteiger partial charge in [0.15, 0.2) is 11.9 Å². The summed E-state index contributed by atoms with van der Waals surface area (Å²) >= 11 is 1.06. The van der Waals surface area contributed by atoms with Crippen molar-refractivity contribution < 1.29 is 19.1 Å². The first kappa shape index (κ1) is 16.4. The van der Waals surface area contributed by atoms with E-state index in [-0.39, 0.29) is 17.2 Å². The van der Waals surface area contributed by atoms with Crippen LogP contribution in [0.1, 0.15) is 54.0 Å². The van der Waals surface area contributed by atoms with E-state index in [9.17, 15) is 14.4 Å². The zero-order valence-electron chi connectivity index (χ0n) is 12.3. The molecule has 1 amide bonds. The second-order valence-corrected chi connectivity index (χ2v) is 6.59. The normalized spacial score (nSPS) is 12.7. The number of ketones is 1. The Morgan fingerprint density at radius 2 is 1.75 bits per heavy atom. The molecule has 0 saturated carbocycles. The molecule has 0 saturated heterocycles. The third kappa shape index (κ3) is 4.77. The third-order valence-electron chi connectivity index (χ3n) is 2.31.